The lowest BCUT2D eigenvalue weighted by atomic mass is 9.80. The van der Waals surface area contributed by atoms with Crippen molar-refractivity contribution in [3.8, 4) is 17.2 Å². The van der Waals surface area contributed by atoms with Crippen LogP contribution in [0.4, 0.5) is 14.7 Å². The Hall–Kier alpha value is -2.90. The lowest BCUT2D eigenvalue weighted by molar-refractivity contribution is -0.0994. The minimum absolute atomic E-state index is 0.00512. The van der Waals surface area contributed by atoms with E-state index in [1.165, 1.54) is 38.3 Å². The molecular formula is C22H25ClF2N6O4S. The molecule has 3 aromatic rings. The average molecular weight is 543 g/mol. The molecule has 0 amide bonds. The van der Waals surface area contributed by atoms with Gasteiger partial charge in [0.25, 0.3) is 5.92 Å². The monoisotopic (exact) mass is 542 g/mol. The highest BCUT2D eigenvalue weighted by Crippen LogP contribution is 2.51. The summed E-state index contributed by atoms with van der Waals surface area (Å²) in [5.74, 6) is -3.18. The van der Waals surface area contributed by atoms with Crippen molar-refractivity contribution in [2.45, 2.75) is 43.0 Å². The SMILES string of the molecule is COc1cccc(OC)c1-n1c(NS(=O)C(C)C(OC)c2ncc(Cl)cn2)nnc1C1CCC1(F)F. The summed E-state index contributed by atoms with van der Waals surface area (Å²) in [5, 5.41) is 7.80. The van der Waals surface area contributed by atoms with E-state index in [0.29, 0.717) is 22.2 Å². The molecule has 0 spiro atoms. The molecule has 0 radical (unpaired) electrons. The van der Waals surface area contributed by atoms with Crippen molar-refractivity contribution in [2.24, 2.45) is 0 Å². The van der Waals surface area contributed by atoms with Crippen molar-refractivity contribution in [1.29, 1.82) is 0 Å². The number of halogens is 3. The third-order valence-electron chi connectivity index (χ3n) is 6.01. The fraction of sp³-hybridized carbons (Fsp3) is 0.455. The minimum Gasteiger partial charge on any atom is -0.494 e. The summed E-state index contributed by atoms with van der Waals surface area (Å²) in [6.45, 7) is 1.67. The molecule has 1 saturated carbocycles. The summed E-state index contributed by atoms with van der Waals surface area (Å²) in [6.07, 6.45) is 2.03. The third kappa shape index (κ3) is 4.87. The van der Waals surface area contributed by atoms with Gasteiger partial charge in [0.05, 0.1) is 30.4 Å². The van der Waals surface area contributed by atoms with Crippen LogP contribution in [0.3, 0.4) is 0 Å². The smallest absolute Gasteiger partial charge is 0.258 e. The van der Waals surface area contributed by atoms with E-state index in [1.54, 1.807) is 25.1 Å². The number of para-hydroxylation sites is 1. The van der Waals surface area contributed by atoms with Crippen molar-refractivity contribution >= 4 is 28.5 Å². The van der Waals surface area contributed by atoms with Crippen molar-refractivity contribution in [2.75, 3.05) is 26.1 Å². The molecule has 4 unspecified atom stereocenters. The molecule has 0 bridgehead atoms. The van der Waals surface area contributed by atoms with Crippen LogP contribution in [0.15, 0.2) is 30.6 Å². The largest absolute Gasteiger partial charge is 0.494 e. The highest BCUT2D eigenvalue weighted by atomic mass is 35.5. The first-order valence-electron chi connectivity index (χ1n) is 10.9. The molecule has 14 heteroatoms. The fourth-order valence-electron chi connectivity index (χ4n) is 3.96. The molecule has 1 aliphatic carbocycles. The van der Waals surface area contributed by atoms with E-state index in [0.717, 1.165) is 0 Å². The highest BCUT2D eigenvalue weighted by molar-refractivity contribution is 7.87. The van der Waals surface area contributed by atoms with Gasteiger partial charge in [-0.3, -0.25) is 9.29 Å². The summed E-state index contributed by atoms with van der Waals surface area (Å²) >= 11 is 5.87. The number of alkyl halides is 2. The molecule has 1 aliphatic rings. The number of benzene rings is 1. The van der Waals surface area contributed by atoms with Gasteiger partial charge in [0, 0.05) is 25.9 Å². The Morgan fingerprint density at radius 1 is 1.17 bits per heavy atom. The third-order valence-corrected chi connectivity index (χ3v) is 7.51. The molecule has 4 rings (SSSR count). The van der Waals surface area contributed by atoms with Crippen LogP contribution in [0, 0.1) is 0 Å². The van der Waals surface area contributed by atoms with Crippen LogP contribution in [0.25, 0.3) is 5.69 Å². The van der Waals surface area contributed by atoms with Crippen molar-refractivity contribution in [3.63, 3.8) is 0 Å². The second kappa shape index (κ2) is 10.6. The summed E-state index contributed by atoms with van der Waals surface area (Å²) in [6, 6.07) is 5.01. The number of methoxy groups -OCH3 is 3. The van der Waals surface area contributed by atoms with Crippen LogP contribution >= 0.6 is 11.6 Å². The molecule has 2 aromatic heterocycles. The van der Waals surface area contributed by atoms with Crippen LogP contribution in [-0.4, -0.2) is 61.4 Å². The normalized spacial score (nSPS) is 19.1. The Morgan fingerprint density at radius 3 is 2.31 bits per heavy atom. The molecule has 36 heavy (non-hydrogen) atoms. The maximum absolute atomic E-state index is 14.5. The highest BCUT2D eigenvalue weighted by Gasteiger charge is 2.52. The maximum Gasteiger partial charge on any atom is 0.258 e. The zero-order valence-electron chi connectivity index (χ0n) is 19.9. The van der Waals surface area contributed by atoms with E-state index in [4.69, 9.17) is 25.8 Å². The molecule has 1 fully saturated rings. The molecule has 1 N–H and O–H groups in total. The molecule has 194 valence electrons. The van der Waals surface area contributed by atoms with E-state index in [-0.39, 0.29) is 30.4 Å². The standard InChI is InChI=1S/C22H25ClF2N6O4S/c1-12(18(35-4)19-26-10-13(23)11-27-19)36(32)30-21-29-28-20(14-8-9-22(14,24)25)31(21)17-15(33-2)6-5-7-16(17)34-3/h5-7,10-12,14,18H,8-9H2,1-4H3,(H,29,30). The predicted octanol–water partition coefficient (Wildman–Crippen LogP) is 4.09. The van der Waals surface area contributed by atoms with E-state index < -0.39 is 34.2 Å². The fourth-order valence-corrected chi connectivity index (χ4v) is 5.01. The predicted molar refractivity (Wildman–Crippen MR) is 129 cm³/mol. The number of nitrogens with zero attached hydrogens (tertiary/aromatic N) is 5. The van der Waals surface area contributed by atoms with Gasteiger partial charge in [0.15, 0.2) is 5.82 Å². The lowest BCUT2D eigenvalue weighted by Crippen LogP contribution is -2.38. The number of aromatic nitrogens is 5. The zero-order chi connectivity index (χ0) is 26.0. The van der Waals surface area contributed by atoms with Gasteiger partial charge in [-0.25, -0.2) is 23.0 Å². The lowest BCUT2D eigenvalue weighted by Gasteiger charge is -2.35. The van der Waals surface area contributed by atoms with E-state index in [9.17, 15) is 13.0 Å². The molecule has 2 heterocycles. The quantitative estimate of drug-likeness (QED) is 0.407. The molecule has 0 aliphatic heterocycles. The number of hydrogen-bond acceptors (Lipinski definition) is 8. The van der Waals surface area contributed by atoms with Crippen LogP contribution < -0.4 is 14.2 Å². The van der Waals surface area contributed by atoms with Gasteiger partial charge >= 0.3 is 0 Å². The van der Waals surface area contributed by atoms with Crippen LogP contribution in [0.1, 0.15) is 43.4 Å². The average Bonchev–Trinajstić information content (AvgIpc) is 3.25. The van der Waals surface area contributed by atoms with Crippen molar-refractivity contribution in [3.05, 3.63) is 47.3 Å². The van der Waals surface area contributed by atoms with Gasteiger partial charge in [0.2, 0.25) is 5.95 Å². The molecule has 10 nitrogen and oxygen atoms in total. The minimum atomic E-state index is -2.95. The van der Waals surface area contributed by atoms with Crippen LogP contribution in [0.2, 0.25) is 5.02 Å². The van der Waals surface area contributed by atoms with Gasteiger partial charge in [-0.05, 0) is 25.5 Å². The van der Waals surface area contributed by atoms with Gasteiger partial charge in [-0.2, -0.15) is 0 Å². The van der Waals surface area contributed by atoms with Gasteiger partial charge in [-0.1, -0.05) is 17.7 Å². The number of ether oxygens (including phenoxy) is 3. The topological polar surface area (TPSA) is 113 Å². The molecule has 0 saturated heterocycles. The molecule has 4 atom stereocenters. The van der Waals surface area contributed by atoms with Crippen LogP contribution in [0.5, 0.6) is 11.5 Å². The first kappa shape index (κ1) is 26.2. The number of nitrogens with one attached hydrogen (secondary N) is 1. The number of hydrogen-bond donors (Lipinski definition) is 1. The summed E-state index contributed by atoms with van der Waals surface area (Å²) in [5.41, 5.74) is 0.307. The maximum atomic E-state index is 14.5. The van der Waals surface area contributed by atoms with E-state index >= 15 is 0 Å². The van der Waals surface area contributed by atoms with Crippen molar-refractivity contribution in [1.82, 2.24) is 24.7 Å². The second-order valence-electron chi connectivity index (χ2n) is 8.10. The summed E-state index contributed by atoms with van der Waals surface area (Å²) in [4.78, 5) is 8.31. The molecular weight excluding hydrogens is 518 g/mol. The number of rotatable bonds is 10. The molecule has 1 aromatic carbocycles. The zero-order valence-corrected chi connectivity index (χ0v) is 21.5. The Kier molecular flexibility index (Phi) is 7.71. The van der Waals surface area contributed by atoms with E-state index in [2.05, 4.69) is 24.9 Å². The Morgan fingerprint density at radius 2 is 1.81 bits per heavy atom. The summed E-state index contributed by atoms with van der Waals surface area (Å²) in [7, 11) is 2.50. The summed E-state index contributed by atoms with van der Waals surface area (Å²) < 4.78 is 62.9. The number of anilines is 1. The van der Waals surface area contributed by atoms with Crippen LogP contribution in [-0.2, 0) is 15.7 Å². The second-order valence-corrected chi connectivity index (χ2v) is 10.1. The Balaban J connectivity index is 1.74. The van der Waals surface area contributed by atoms with E-state index in [1.807, 2.05) is 0 Å². The van der Waals surface area contributed by atoms with Gasteiger partial charge < -0.3 is 14.2 Å². The first-order valence-corrected chi connectivity index (χ1v) is 12.5. The first-order chi connectivity index (χ1) is 17.2. The van der Waals surface area contributed by atoms with Gasteiger partial charge in [0.1, 0.15) is 40.1 Å². The van der Waals surface area contributed by atoms with Gasteiger partial charge in [-0.15, -0.1) is 10.2 Å². The van der Waals surface area contributed by atoms with Crippen molar-refractivity contribution < 1.29 is 27.2 Å². The Labute approximate surface area is 213 Å². The Bertz CT molecular complexity index is 1220.